The SMILES string of the molecule is O=c1c(-c2ccc(NCc3ccccc3)cc2)coc2cc(O)cc(O)c12. The second-order valence-corrected chi connectivity index (χ2v) is 6.23. The molecule has 0 unspecified atom stereocenters. The first-order valence-electron chi connectivity index (χ1n) is 8.47. The fourth-order valence-corrected chi connectivity index (χ4v) is 2.99. The number of phenols is 2. The quantitative estimate of drug-likeness (QED) is 0.500. The summed E-state index contributed by atoms with van der Waals surface area (Å²) in [6, 6.07) is 19.9. The van der Waals surface area contributed by atoms with E-state index in [1.807, 2.05) is 54.6 Å². The molecular weight excluding hydrogens is 342 g/mol. The minimum Gasteiger partial charge on any atom is -0.508 e. The molecule has 0 aliphatic heterocycles. The molecule has 134 valence electrons. The van der Waals surface area contributed by atoms with Gasteiger partial charge in [-0.1, -0.05) is 42.5 Å². The van der Waals surface area contributed by atoms with Crippen LogP contribution in [-0.4, -0.2) is 10.2 Å². The Balaban J connectivity index is 1.62. The lowest BCUT2D eigenvalue weighted by atomic mass is 10.0. The summed E-state index contributed by atoms with van der Waals surface area (Å²) in [5.41, 5.74) is 2.93. The first-order chi connectivity index (χ1) is 13.1. The van der Waals surface area contributed by atoms with Gasteiger partial charge in [-0.05, 0) is 23.3 Å². The van der Waals surface area contributed by atoms with E-state index in [4.69, 9.17) is 4.42 Å². The van der Waals surface area contributed by atoms with E-state index in [0.29, 0.717) is 17.7 Å². The van der Waals surface area contributed by atoms with Gasteiger partial charge in [-0.3, -0.25) is 4.79 Å². The summed E-state index contributed by atoms with van der Waals surface area (Å²) in [6.45, 7) is 0.704. The highest BCUT2D eigenvalue weighted by atomic mass is 16.3. The van der Waals surface area contributed by atoms with Crippen LogP contribution in [0.5, 0.6) is 11.5 Å². The van der Waals surface area contributed by atoms with Crippen LogP contribution in [0.3, 0.4) is 0 Å². The molecule has 1 heterocycles. The second-order valence-electron chi connectivity index (χ2n) is 6.23. The largest absolute Gasteiger partial charge is 0.508 e. The molecular formula is C22H17NO4. The Morgan fingerprint density at radius 2 is 1.67 bits per heavy atom. The average molecular weight is 359 g/mol. The van der Waals surface area contributed by atoms with Crippen molar-refractivity contribution in [3.8, 4) is 22.6 Å². The summed E-state index contributed by atoms with van der Waals surface area (Å²) in [5, 5.41) is 22.9. The van der Waals surface area contributed by atoms with Gasteiger partial charge in [-0.25, -0.2) is 0 Å². The number of anilines is 1. The van der Waals surface area contributed by atoms with Crippen LogP contribution in [0.25, 0.3) is 22.1 Å². The summed E-state index contributed by atoms with van der Waals surface area (Å²) < 4.78 is 5.44. The molecule has 5 heteroatoms. The minimum absolute atomic E-state index is 0.0524. The molecule has 27 heavy (non-hydrogen) atoms. The third kappa shape index (κ3) is 3.35. The van der Waals surface area contributed by atoms with Crippen molar-refractivity contribution >= 4 is 16.7 Å². The first kappa shape index (κ1) is 16.7. The van der Waals surface area contributed by atoms with Gasteiger partial charge in [0, 0.05) is 24.4 Å². The summed E-state index contributed by atoms with van der Waals surface area (Å²) in [4.78, 5) is 12.7. The molecule has 0 bridgehead atoms. The first-order valence-corrected chi connectivity index (χ1v) is 8.47. The van der Waals surface area contributed by atoms with E-state index < -0.39 is 0 Å². The highest BCUT2D eigenvalue weighted by Gasteiger charge is 2.13. The van der Waals surface area contributed by atoms with Crippen molar-refractivity contribution in [2.75, 3.05) is 5.32 Å². The van der Waals surface area contributed by atoms with Crippen molar-refractivity contribution in [1.82, 2.24) is 0 Å². The molecule has 0 fully saturated rings. The third-order valence-corrected chi connectivity index (χ3v) is 4.38. The van der Waals surface area contributed by atoms with Crippen LogP contribution in [-0.2, 0) is 6.54 Å². The highest BCUT2D eigenvalue weighted by Crippen LogP contribution is 2.29. The van der Waals surface area contributed by atoms with Gasteiger partial charge in [0.1, 0.15) is 28.7 Å². The molecule has 0 saturated heterocycles. The van der Waals surface area contributed by atoms with Gasteiger partial charge in [-0.15, -0.1) is 0 Å². The minimum atomic E-state index is -0.348. The normalized spacial score (nSPS) is 10.8. The maximum Gasteiger partial charge on any atom is 0.204 e. The monoisotopic (exact) mass is 359 g/mol. The molecule has 3 N–H and O–H groups in total. The smallest absolute Gasteiger partial charge is 0.204 e. The molecule has 0 amide bonds. The molecule has 5 nitrogen and oxygen atoms in total. The molecule has 4 aromatic rings. The predicted molar refractivity (Wildman–Crippen MR) is 105 cm³/mol. The molecule has 4 rings (SSSR count). The number of rotatable bonds is 4. The summed E-state index contributed by atoms with van der Waals surface area (Å²) >= 11 is 0. The van der Waals surface area contributed by atoms with E-state index in [0.717, 1.165) is 11.8 Å². The van der Waals surface area contributed by atoms with Crippen molar-refractivity contribution in [2.45, 2.75) is 6.54 Å². The van der Waals surface area contributed by atoms with E-state index in [1.165, 1.54) is 17.9 Å². The van der Waals surface area contributed by atoms with Crippen LogP contribution in [0, 0.1) is 0 Å². The molecule has 0 radical (unpaired) electrons. The molecule has 0 aliphatic rings. The average Bonchev–Trinajstić information content (AvgIpc) is 2.67. The Labute approximate surface area is 155 Å². The maximum atomic E-state index is 12.7. The van der Waals surface area contributed by atoms with Crippen LogP contribution in [0.4, 0.5) is 5.69 Å². The zero-order valence-electron chi connectivity index (χ0n) is 14.3. The number of fused-ring (bicyclic) bond motifs is 1. The topological polar surface area (TPSA) is 82.7 Å². The zero-order valence-corrected chi connectivity index (χ0v) is 14.3. The molecule has 3 aromatic carbocycles. The summed E-state index contributed by atoms with van der Waals surface area (Å²) in [6.07, 6.45) is 1.34. The van der Waals surface area contributed by atoms with Gasteiger partial charge in [0.15, 0.2) is 0 Å². The van der Waals surface area contributed by atoms with E-state index in [2.05, 4.69) is 5.32 Å². The predicted octanol–water partition coefficient (Wildman–Crippen LogP) is 4.48. The summed E-state index contributed by atoms with van der Waals surface area (Å²) in [5.74, 6) is -0.466. The fraction of sp³-hybridized carbons (Fsp3) is 0.0455. The fourth-order valence-electron chi connectivity index (χ4n) is 2.99. The van der Waals surface area contributed by atoms with Crippen LogP contribution >= 0.6 is 0 Å². The standard InChI is InChI=1S/C22H17NO4/c24-17-10-19(25)21-20(11-17)27-13-18(22(21)26)15-6-8-16(9-7-15)23-12-14-4-2-1-3-5-14/h1-11,13,23-25H,12H2. The van der Waals surface area contributed by atoms with Crippen molar-refractivity contribution in [1.29, 1.82) is 0 Å². The zero-order chi connectivity index (χ0) is 18.8. The Morgan fingerprint density at radius 1 is 0.926 bits per heavy atom. The Hall–Kier alpha value is -3.73. The highest BCUT2D eigenvalue weighted by molar-refractivity contribution is 5.88. The number of nitrogens with one attached hydrogen (secondary N) is 1. The van der Waals surface area contributed by atoms with Crippen molar-refractivity contribution in [2.24, 2.45) is 0 Å². The van der Waals surface area contributed by atoms with Gasteiger partial charge in [0.05, 0.1) is 5.56 Å². The Bertz CT molecular complexity index is 1150. The van der Waals surface area contributed by atoms with Crippen LogP contribution < -0.4 is 10.7 Å². The van der Waals surface area contributed by atoms with E-state index >= 15 is 0 Å². The van der Waals surface area contributed by atoms with Gasteiger partial charge >= 0.3 is 0 Å². The van der Waals surface area contributed by atoms with Gasteiger partial charge in [0.25, 0.3) is 0 Å². The van der Waals surface area contributed by atoms with Gasteiger partial charge in [0.2, 0.25) is 5.43 Å². The maximum absolute atomic E-state index is 12.7. The van der Waals surface area contributed by atoms with E-state index in [9.17, 15) is 15.0 Å². The Kier molecular flexibility index (Phi) is 4.26. The molecule has 0 spiro atoms. The number of hydrogen-bond donors (Lipinski definition) is 3. The van der Waals surface area contributed by atoms with Crippen LogP contribution in [0.2, 0.25) is 0 Å². The molecule has 0 saturated carbocycles. The Morgan fingerprint density at radius 3 is 2.41 bits per heavy atom. The number of hydrogen-bond acceptors (Lipinski definition) is 5. The van der Waals surface area contributed by atoms with Crippen molar-refractivity contribution < 1.29 is 14.6 Å². The van der Waals surface area contributed by atoms with Crippen LogP contribution in [0.15, 0.2) is 82.2 Å². The number of phenolic OH excluding ortho intramolecular Hbond substituents is 2. The lowest BCUT2D eigenvalue weighted by molar-refractivity contribution is 0.452. The van der Waals surface area contributed by atoms with Gasteiger partial charge < -0.3 is 19.9 Å². The van der Waals surface area contributed by atoms with Gasteiger partial charge in [-0.2, -0.15) is 0 Å². The molecule has 0 aliphatic carbocycles. The van der Waals surface area contributed by atoms with E-state index in [1.54, 1.807) is 0 Å². The molecule has 1 aromatic heterocycles. The lowest BCUT2D eigenvalue weighted by Crippen LogP contribution is -2.05. The van der Waals surface area contributed by atoms with E-state index in [-0.39, 0.29) is 27.9 Å². The van der Waals surface area contributed by atoms with Crippen molar-refractivity contribution in [3.05, 3.63) is 88.8 Å². The second kappa shape index (κ2) is 6.88. The van der Waals surface area contributed by atoms with Crippen LogP contribution in [0.1, 0.15) is 5.56 Å². The molecule has 0 atom stereocenters. The van der Waals surface area contributed by atoms with Crippen molar-refractivity contribution in [3.63, 3.8) is 0 Å². The number of benzene rings is 3. The number of aromatic hydroxyl groups is 2. The summed E-state index contributed by atoms with van der Waals surface area (Å²) in [7, 11) is 0. The third-order valence-electron chi connectivity index (χ3n) is 4.38. The lowest BCUT2D eigenvalue weighted by Gasteiger charge is -2.08.